The van der Waals surface area contributed by atoms with Gasteiger partial charge in [-0.25, -0.2) is 0 Å². The van der Waals surface area contributed by atoms with Crippen LogP contribution in [-0.2, 0) is 9.59 Å². The van der Waals surface area contributed by atoms with Crippen molar-refractivity contribution in [2.45, 2.75) is 44.6 Å². The van der Waals surface area contributed by atoms with Gasteiger partial charge < -0.3 is 16.0 Å². The molecule has 2 aliphatic heterocycles. The zero-order valence-electron chi connectivity index (χ0n) is 11.6. The molecule has 2 heterocycles. The first-order valence-electron chi connectivity index (χ1n) is 7.45. The fourth-order valence-corrected chi connectivity index (χ4v) is 4.31. The van der Waals surface area contributed by atoms with Gasteiger partial charge >= 0.3 is 0 Å². The van der Waals surface area contributed by atoms with E-state index in [1.165, 1.54) is 0 Å². The molecule has 1 saturated carbocycles. The van der Waals surface area contributed by atoms with Gasteiger partial charge in [0.15, 0.2) is 0 Å². The number of piperidine rings is 1. The molecule has 0 bridgehead atoms. The maximum Gasteiger partial charge on any atom is 0.235 e. The van der Waals surface area contributed by atoms with Crippen molar-refractivity contribution in [3.63, 3.8) is 0 Å². The standard InChI is InChI=1S/C14H21N3O2S/c15-12(20)14(5-1-2-6-14)13(19)17-7-3-4-9-10(17)8-16-11(9)18/h9-10H,1-8H2,(H2,15,20)(H,16,18). The molecule has 2 amide bonds. The quantitative estimate of drug-likeness (QED) is 0.730. The van der Waals surface area contributed by atoms with Gasteiger partial charge in [-0.1, -0.05) is 25.1 Å². The number of nitrogens with one attached hydrogen (secondary N) is 1. The van der Waals surface area contributed by atoms with Crippen LogP contribution in [0.1, 0.15) is 38.5 Å². The van der Waals surface area contributed by atoms with Crippen LogP contribution < -0.4 is 11.1 Å². The number of amides is 2. The molecule has 3 N–H and O–H groups in total. The lowest BCUT2D eigenvalue weighted by atomic mass is 9.82. The average Bonchev–Trinajstić information content (AvgIpc) is 3.06. The van der Waals surface area contributed by atoms with Gasteiger partial charge in [0, 0.05) is 13.1 Å². The molecule has 0 radical (unpaired) electrons. The molecule has 5 nitrogen and oxygen atoms in total. The van der Waals surface area contributed by atoms with E-state index in [-0.39, 0.29) is 23.8 Å². The van der Waals surface area contributed by atoms with Crippen LogP contribution in [0.15, 0.2) is 0 Å². The number of nitrogens with zero attached hydrogens (tertiary/aromatic N) is 1. The number of carbonyl (C=O) groups excluding carboxylic acids is 2. The highest BCUT2D eigenvalue weighted by atomic mass is 32.1. The normalized spacial score (nSPS) is 31.8. The number of likely N-dealkylation sites (tertiary alicyclic amines) is 1. The summed E-state index contributed by atoms with van der Waals surface area (Å²) < 4.78 is 0. The first-order chi connectivity index (χ1) is 9.56. The van der Waals surface area contributed by atoms with Crippen molar-refractivity contribution in [1.29, 1.82) is 0 Å². The van der Waals surface area contributed by atoms with Crippen LogP contribution in [0.3, 0.4) is 0 Å². The summed E-state index contributed by atoms with van der Waals surface area (Å²) in [4.78, 5) is 27.1. The highest BCUT2D eigenvalue weighted by Gasteiger charge is 2.51. The summed E-state index contributed by atoms with van der Waals surface area (Å²) in [6.07, 6.45) is 5.28. The Morgan fingerprint density at radius 2 is 2.05 bits per heavy atom. The second-order valence-corrected chi connectivity index (χ2v) is 6.65. The average molecular weight is 295 g/mol. The second kappa shape index (κ2) is 4.98. The van der Waals surface area contributed by atoms with Gasteiger partial charge in [-0.3, -0.25) is 9.59 Å². The summed E-state index contributed by atoms with van der Waals surface area (Å²) in [6.45, 7) is 1.29. The van der Waals surface area contributed by atoms with Crippen molar-refractivity contribution in [2.75, 3.05) is 13.1 Å². The Balaban J connectivity index is 1.86. The van der Waals surface area contributed by atoms with E-state index in [1.54, 1.807) is 0 Å². The summed E-state index contributed by atoms with van der Waals surface area (Å²) >= 11 is 5.20. The van der Waals surface area contributed by atoms with Crippen LogP contribution in [0.25, 0.3) is 0 Å². The van der Waals surface area contributed by atoms with Gasteiger partial charge in [-0.15, -0.1) is 0 Å². The number of thiocarbonyl (C=S) groups is 1. The zero-order valence-corrected chi connectivity index (χ0v) is 12.4. The summed E-state index contributed by atoms with van der Waals surface area (Å²) in [5.74, 6) is 0.106. The van der Waals surface area contributed by atoms with Crippen molar-refractivity contribution < 1.29 is 9.59 Å². The van der Waals surface area contributed by atoms with Gasteiger partial charge in [0.05, 0.1) is 22.4 Å². The van der Waals surface area contributed by atoms with Crippen molar-refractivity contribution in [3.05, 3.63) is 0 Å². The lowest BCUT2D eigenvalue weighted by Gasteiger charge is -2.41. The predicted octanol–water partition coefficient (Wildman–Crippen LogP) is 0.570. The van der Waals surface area contributed by atoms with E-state index in [9.17, 15) is 9.59 Å². The van der Waals surface area contributed by atoms with Crippen LogP contribution >= 0.6 is 12.2 Å². The molecule has 2 atom stereocenters. The van der Waals surface area contributed by atoms with E-state index in [2.05, 4.69) is 5.32 Å². The van der Waals surface area contributed by atoms with E-state index >= 15 is 0 Å². The Hall–Kier alpha value is -1.17. The number of hydrogen-bond acceptors (Lipinski definition) is 3. The smallest absolute Gasteiger partial charge is 0.235 e. The Morgan fingerprint density at radius 1 is 1.35 bits per heavy atom. The molecule has 3 aliphatic rings. The van der Waals surface area contributed by atoms with Crippen molar-refractivity contribution >= 4 is 29.0 Å². The number of rotatable bonds is 2. The molecular weight excluding hydrogens is 274 g/mol. The van der Waals surface area contributed by atoms with Crippen LogP contribution in [0.2, 0.25) is 0 Å². The van der Waals surface area contributed by atoms with E-state index < -0.39 is 5.41 Å². The minimum atomic E-state index is -0.650. The van der Waals surface area contributed by atoms with E-state index in [0.717, 1.165) is 45.1 Å². The topological polar surface area (TPSA) is 75.4 Å². The summed E-state index contributed by atoms with van der Waals surface area (Å²) in [5.41, 5.74) is 5.26. The summed E-state index contributed by atoms with van der Waals surface area (Å²) in [6, 6.07) is -0.00410. The monoisotopic (exact) mass is 295 g/mol. The number of carbonyl (C=O) groups is 2. The second-order valence-electron chi connectivity index (χ2n) is 6.21. The Bertz CT molecular complexity index is 459. The highest BCUT2D eigenvalue weighted by Crippen LogP contribution is 2.42. The first-order valence-corrected chi connectivity index (χ1v) is 7.86. The van der Waals surface area contributed by atoms with Crippen LogP contribution in [0.5, 0.6) is 0 Å². The number of nitrogens with two attached hydrogens (primary N) is 1. The SMILES string of the molecule is NC(=S)C1(C(=O)N2CCCC3C(=O)NCC32)CCCC1. The van der Waals surface area contributed by atoms with Gasteiger partial charge in [-0.2, -0.15) is 0 Å². The Kier molecular flexibility index (Phi) is 3.44. The number of fused-ring (bicyclic) bond motifs is 1. The molecule has 3 fully saturated rings. The third kappa shape index (κ3) is 1.92. The predicted molar refractivity (Wildman–Crippen MR) is 78.9 cm³/mol. The summed E-state index contributed by atoms with van der Waals surface area (Å²) in [7, 11) is 0. The molecule has 2 unspecified atom stereocenters. The third-order valence-corrected chi connectivity index (χ3v) is 5.59. The van der Waals surface area contributed by atoms with Gasteiger partial charge in [-0.05, 0) is 25.7 Å². The van der Waals surface area contributed by atoms with Crippen molar-refractivity contribution in [3.8, 4) is 0 Å². The van der Waals surface area contributed by atoms with Crippen LogP contribution in [-0.4, -0.2) is 40.8 Å². The largest absolute Gasteiger partial charge is 0.392 e. The van der Waals surface area contributed by atoms with E-state index in [0.29, 0.717) is 11.5 Å². The van der Waals surface area contributed by atoms with Crippen LogP contribution in [0, 0.1) is 11.3 Å². The van der Waals surface area contributed by atoms with Crippen LogP contribution in [0.4, 0.5) is 0 Å². The first kappa shape index (κ1) is 13.8. The molecule has 0 aromatic carbocycles. The fourth-order valence-electron chi connectivity index (χ4n) is 4.02. The van der Waals surface area contributed by atoms with E-state index in [4.69, 9.17) is 18.0 Å². The molecule has 0 aromatic heterocycles. The molecule has 20 heavy (non-hydrogen) atoms. The van der Waals surface area contributed by atoms with Gasteiger partial charge in [0.2, 0.25) is 11.8 Å². The highest BCUT2D eigenvalue weighted by molar-refractivity contribution is 7.80. The fraction of sp³-hybridized carbons (Fsp3) is 0.786. The number of hydrogen-bond donors (Lipinski definition) is 2. The maximum absolute atomic E-state index is 13.0. The maximum atomic E-state index is 13.0. The molecule has 0 spiro atoms. The molecule has 3 rings (SSSR count). The Morgan fingerprint density at radius 3 is 2.70 bits per heavy atom. The molecule has 1 aliphatic carbocycles. The minimum Gasteiger partial charge on any atom is -0.392 e. The molecule has 2 saturated heterocycles. The Labute approximate surface area is 124 Å². The minimum absolute atomic E-state index is 0.00410. The molecule has 6 heteroatoms. The molecule has 110 valence electrons. The lowest BCUT2D eigenvalue weighted by Crippen LogP contribution is -2.56. The lowest BCUT2D eigenvalue weighted by molar-refractivity contribution is -0.143. The van der Waals surface area contributed by atoms with Crippen molar-refractivity contribution in [2.24, 2.45) is 17.1 Å². The third-order valence-electron chi connectivity index (χ3n) is 5.20. The summed E-state index contributed by atoms with van der Waals surface area (Å²) in [5, 5.41) is 2.88. The molecule has 0 aromatic rings. The molecular formula is C14H21N3O2S. The van der Waals surface area contributed by atoms with Gasteiger partial charge in [0.25, 0.3) is 0 Å². The van der Waals surface area contributed by atoms with Crippen molar-refractivity contribution in [1.82, 2.24) is 10.2 Å². The van der Waals surface area contributed by atoms with E-state index in [1.807, 2.05) is 4.90 Å². The zero-order chi connectivity index (χ0) is 14.3. The van der Waals surface area contributed by atoms with Gasteiger partial charge in [0.1, 0.15) is 0 Å².